The summed E-state index contributed by atoms with van der Waals surface area (Å²) in [5.74, 6) is -0.776. The lowest BCUT2D eigenvalue weighted by molar-refractivity contribution is 0.100. The Labute approximate surface area is 155 Å². The van der Waals surface area contributed by atoms with Crippen LogP contribution >= 0.6 is 0 Å². The zero-order valence-corrected chi connectivity index (χ0v) is 14.8. The first-order valence-corrected chi connectivity index (χ1v) is 8.61. The average molecular weight is 361 g/mol. The molecular weight excluding hydrogens is 343 g/mol. The lowest BCUT2D eigenvalue weighted by Gasteiger charge is -2.10. The van der Waals surface area contributed by atoms with Crippen LogP contribution < -0.4 is 5.73 Å². The van der Waals surface area contributed by atoms with Crippen molar-refractivity contribution in [2.24, 2.45) is 5.73 Å². The first kappa shape index (κ1) is 17.2. The number of fused-ring (bicyclic) bond motifs is 3. The molecule has 0 spiro atoms. The molecule has 4 aromatic rings. The fourth-order valence-corrected chi connectivity index (χ4v) is 3.57. The van der Waals surface area contributed by atoms with Crippen LogP contribution in [0.15, 0.2) is 48.5 Å². The Hall–Kier alpha value is -3.18. The standard InChI is InChI=1S/C22H18FN2O2/c1-13-4-2-5-15(21(13)23)11-25-18-7-3-6-17(22(24)27)20(18)16-9-8-14(12-26)10-19(16)25/h2-8,10,26H,11-12H2,1H3,(H2,24,27). The summed E-state index contributed by atoms with van der Waals surface area (Å²) in [6.45, 7) is 1.89. The van der Waals surface area contributed by atoms with E-state index in [1.807, 2.05) is 22.8 Å². The lowest BCUT2D eigenvalue weighted by atomic mass is 10.0. The van der Waals surface area contributed by atoms with Crippen molar-refractivity contribution in [3.63, 3.8) is 0 Å². The van der Waals surface area contributed by atoms with Gasteiger partial charge in [-0.05, 0) is 48.4 Å². The summed E-state index contributed by atoms with van der Waals surface area (Å²) in [5, 5.41) is 10.9. The Morgan fingerprint density at radius 3 is 2.74 bits per heavy atom. The van der Waals surface area contributed by atoms with Gasteiger partial charge in [-0.15, -0.1) is 0 Å². The maximum atomic E-state index is 14.6. The Morgan fingerprint density at radius 1 is 1.22 bits per heavy atom. The SMILES string of the molecule is Cc1cccc(Cn2c3cc(CO)c[c]c3c3c(C(N)=O)cccc32)c1F. The van der Waals surface area contributed by atoms with Crippen LogP contribution in [0.3, 0.4) is 0 Å². The highest BCUT2D eigenvalue weighted by Crippen LogP contribution is 2.33. The van der Waals surface area contributed by atoms with Crippen LogP contribution in [-0.2, 0) is 13.2 Å². The predicted octanol–water partition coefficient (Wildman–Crippen LogP) is 3.68. The number of carbonyl (C=O) groups excluding carboxylic acids is 1. The molecule has 0 bridgehead atoms. The van der Waals surface area contributed by atoms with Gasteiger partial charge in [-0.1, -0.05) is 24.3 Å². The number of halogens is 1. The second kappa shape index (κ2) is 6.52. The predicted molar refractivity (Wildman–Crippen MR) is 103 cm³/mol. The molecule has 0 saturated heterocycles. The number of nitrogens with two attached hydrogens (primary N) is 1. The molecule has 4 rings (SSSR count). The number of amides is 1. The summed E-state index contributed by atoms with van der Waals surface area (Å²) in [6.07, 6.45) is 0. The summed E-state index contributed by atoms with van der Waals surface area (Å²) >= 11 is 0. The number of hydrogen-bond donors (Lipinski definition) is 2. The highest BCUT2D eigenvalue weighted by atomic mass is 19.1. The molecule has 3 N–H and O–H groups in total. The Morgan fingerprint density at radius 2 is 2.00 bits per heavy atom. The van der Waals surface area contributed by atoms with Gasteiger partial charge in [0.1, 0.15) is 5.82 Å². The number of aliphatic hydroxyl groups excluding tert-OH is 1. The molecule has 0 unspecified atom stereocenters. The zero-order valence-electron chi connectivity index (χ0n) is 14.8. The molecule has 3 aromatic carbocycles. The largest absolute Gasteiger partial charge is 0.392 e. The van der Waals surface area contributed by atoms with Crippen molar-refractivity contribution in [3.05, 3.63) is 82.7 Å². The molecule has 27 heavy (non-hydrogen) atoms. The zero-order chi connectivity index (χ0) is 19.1. The van der Waals surface area contributed by atoms with Crippen LogP contribution in [0.5, 0.6) is 0 Å². The molecule has 1 amide bonds. The van der Waals surface area contributed by atoms with E-state index in [-0.39, 0.29) is 12.4 Å². The van der Waals surface area contributed by atoms with Gasteiger partial charge in [0.25, 0.3) is 0 Å². The van der Waals surface area contributed by atoms with E-state index < -0.39 is 5.91 Å². The van der Waals surface area contributed by atoms with E-state index in [0.29, 0.717) is 34.2 Å². The molecule has 0 fully saturated rings. The monoisotopic (exact) mass is 361 g/mol. The average Bonchev–Trinajstić information content (AvgIpc) is 2.98. The van der Waals surface area contributed by atoms with Gasteiger partial charge >= 0.3 is 0 Å². The molecule has 0 aliphatic carbocycles. The van der Waals surface area contributed by atoms with E-state index in [4.69, 9.17) is 5.73 Å². The Balaban J connectivity index is 2.06. The molecule has 4 nitrogen and oxygen atoms in total. The van der Waals surface area contributed by atoms with Gasteiger partial charge in [0, 0.05) is 21.9 Å². The van der Waals surface area contributed by atoms with Crippen LogP contribution in [0.1, 0.15) is 27.0 Å². The smallest absolute Gasteiger partial charge is 0.249 e. The van der Waals surface area contributed by atoms with E-state index >= 15 is 0 Å². The number of aryl methyl sites for hydroxylation is 1. The van der Waals surface area contributed by atoms with Crippen LogP contribution in [0.25, 0.3) is 21.8 Å². The van der Waals surface area contributed by atoms with Crippen LogP contribution in [0.4, 0.5) is 4.39 Å². The van der Waals surface area contributed by atoms with Gasteiger partial charge in [0.15, 0.2) is 0 Å². The molecule has 1 aromatic heterocycles. The number of carbonyl (C=O) groups is 1. The highest BCUT2D eigenvalue weighted by molar-refractivity contribution is 6.17. The van der Waals surface area contributed by atoms with E-state index in [9.17, 15) is 14.3 Å². The molecule has 1 radical (unpaired) electrons. The van der Waals surface area contributed by atoms with Gasteiger partial charge in [-0.3, -0.25) is 4.79 Å². The minimum atomic E-state index is -0.527. The molecule has 0 aliphatic heterocycles. The number of aromatic nitrogens is 1. The third kappa shape index (κ3) is 2.76. The third-order valence-corrected chi connectivity index (χ3v) is 4.90. The molecule has 0 atom stereocenters. The number of benzene rings is 3. The third-order valence-electron chi connectivity index (χ3n) is 4.90. The van der Waals surface area contributed by atoms with Gasteiger partial charge < -0.3 is 15.4 Å². The van der Waals surface area contributed by atoms with Crippen molar-refractivity contribution in [1.29, 1.82) is 0 Å². The van der Waals surface area contributed by atoms with Crippen LogP contribution in [0, 0.1) is 18.8 Å². The summed E-state index contributed by atoms with van der Waals surface area (Å²) < 4.78 is 16.5. The Bertz CT molecular complexity index is 1190. The maximum Gasteiger partial charge on any atom is 0.249 e. The minimum absolute atomic E-state index is 0.130. The number of rotatable bonds is 4. The van der Waals surface area contributed by atoms with Crippen LogP contribution in [-0.4, -0.2) is 15.6 Å². The number of aliphatic hydroxyl groups is 1. The Kier molecular flexibility index (Phi) is 4.16. The van der Waals surface area contributed by atoms with E-state index in [1.54, 1.807) is 37.3 Å². The van der Waals surface area contributed by atoms with E-state index in [1.165, 1.54) is 0 Å². The second-order valence-corrected chi connectivity index (χ2v) is 6.62. The van der Waals surface area contributed by atoms with Crippen molar-refractivity contribution >= 4 is 27.7 Å². The normalized spacial score (nSPS) is 11.4. The van der Waals surface area contributed by atoms with Crippen LogP contribution in [0.2, 0.25) is 0 Å². The lowest BCUT2D eigenvalue weighted by Crippen LogP contribution is -2.11. The van der Waals surface area contributed by atoms with Crippen molar-refractivity contribution in [2.75, 3.05) is 0 Å². The van der Waals surface area contributed by atoms with Gasteiger partial charge in [-0.2, -0.15) is 0 Å². The first-order chi connectivity index (χ1) is 13.0. The summed E-state index contributed by atoms with van der Waals surface area (Å²) in [5.41, 5.74) is 9.33. The van der Waals surface area contributed by atoms with Crippen molar-refractivity contribution in [3.8, 4) is 0 Å². The van der Waals surface area contributed by atoms with Crippen molar-refractivity contribution in [1.82, 2.24) is 4.57 Å². The molecule has 1 heterocycles. The molecule has 0 saturated carbocycles. The van der Waals surface area contributed by atoms with E-state index in [0.717, 1.165) is 16.4 Å². The van der Waals surface area contributed by atoms with Gasteiger partial charge in [0.2, 0.25) is 5.91 Å². The fraction of sp³-hybridized carbons (Fsp3) is 0.136. The van der Waals surface area contributed by atoms with Crippen molar-refractivity contribution in [2.45, 2.75) is 20.1 Å². The molecule has 5 heteroatoms. The quantitative estimate of drug-likeness (QED) is 0.582. The second-order valence-electron chi connectivity index (χ2n) is 6.62. The van der Waals surface area contributed by atoms with Gasteiger partial charge in [0.05, 0.1) is 24.2 Å². The number of primary amides is 1. The number of hydrogen-bond acceptors (Lipinski definition) is 2. The molecule has 0 aliphatic rings. The first-order valence-electron chi connectivity index (χ1n) is 8.61. The fourth-order valence-electron chi connectivity index (χ4n) is 3.57. The van der Waals surface area contributed by atoms with E-state index in [2.05, 4.69) is 6.07 Å². The topological polar surface area (TPSA) is 68.2 Å². The summed E-state index contributed by atoms with van der Waals surface area (Å²) in [6, 6.07) is 17.3. The minimum Gasteiger partial charge on any atom is -0.392 e. The molecule has 135 valence electrons. The van der Waals surface area contributed by atoms with Gasteiger partial charge in [-0.25, -0.2) is 4.39 Å². The highest BCUT2D eigenvalue weighted by Gasteiger charge is 2.18. The molecular formula is C22H18FN2O2. The number of nitrogens with zero attached hydrogens (tertiary/aromatic N) is 1. The van der Waals surface area contributed by atoms with Crippen molar-refractivity contribution < 1.29 is 14.3 Å². The maximum absolute atomic E-state index is 14.6. The summed E-state index contributed by atoms with van der Waals surface area (Å²) in [4.78, 5) is 11.9. The summed E-state index contributed by atoms with van der Waals surface area (Å²) in [7, 11) is 0.